The van der Waals surface area contributed by atoms with E-state index in [1.807, 2.05) is 57.2 Å². The largest absolute Gasteiger partial charge is 0.456 e. The molecule has 0 saturated carbocycles. The molecule has 19 heavy (non-hydrogen) atoms. The summed E-state index contributed by atoms with van der Waals surface area (Å²) in [6.45, 7) is 5.64. The van der Waals surface area contributed by atoms with E-state index in [1.54, 1.807) is 0 Å². The summed E-state index contributed by atoms with van der Waals surface area (Å²) in [6.07, 6.45) is 0. The molecule has 0 aliphatic carbocycles. The number of rotatable bonds is 2. The van der Waals surface area contributed by atoms with E-state index in [0.29, 0.717) is 4.88 Å². The maximum atomic E-state index is 12.1. The van der Waals surface area contributed by atoms with Gasteiger partial charge in [-0.1, -0.05) is 30.3 Å². The van der Waals surface area contributed by atoms with Gasteiger partial charge >= 0.3 is 5.97 Å². The van der Waals surface area contributed by atoms with Crippen molar-refractivity contribution in [2.45, 2.75) is 26.4 Å². The lowest BCUT2D eigenvalue weighted by atomic mass is 10.2. The Morgan fingerprint density at radius 3 is 2.42 bits per heavy atom. The van der Waals surface area contributed by atoms with E-state index in [1.165, 1.54) is 11.3 Å². The van der Waals surface area contributed by atoms with Crippen LogP contribution in [0.2, 0.25) is 0 Å². The second kappa shape index (κ2) is 5.63. The highest BCUT2D eigenvalue weighted by atomic mass is 127. The van der Waals surface area contributed by atoms with Crippen molar-refractivity contribution in [3.8, 4) is 10.4 Å². The number of halogens is 1. The number of esters is 1. The Hall–Kier alpha value is -0.880. The van der Waals surface area contributed by atoms with Crippen LogP contribution in [0.5, 0.6) is 0 Å². The minimum Gasteiger partial charge on any atom is -0.456 e. The molecule has 0 bridgehead atoms. The van der Waals surface area contributed by atoms with Crippen molar-refractivity contribution in [1.82, 2.24) is 0 Å². The van der Waals surface area contributed by atoms with Crippen molar-refractivity contribution in [1.29, 1.82) is 0 Å². The van der Waals surface area contributed by atoms with E-state index in [2.05, 4.69) is 22.6 Å². The smallest absolute Gasteiger partial charge is 0.349 e. The van der Waals surface area contributed by atoms with Gasteiger partial charge in [-0.05, 0) is 55.0 Å². The van der Waals surface area contributed by atoms with E-state index >= 15 is 0 Å². The first-order valence-corrected chi connectivity index (χ1v) is 7.84. The molecule has 0 spiro atoms. The summed E-state index contributed by atoms with van der Waals surface area (Å²) in [5, 5.41) is 0. The van der Waals surface area contributed by atoms with Crippen LogP contribution in [0.1, 0.15) is 30.4 Å². The molecule has 0 aliphatic heterocycles. The number of hydrogen-bond acceptors (Lipinski definition) is 3. The van der Waals surface area contributed by atoms with Gasteiger partial charge in [0.2, 0.25) is 0 Å². The number of carbonyl (C=O) groups excluding carboxylic acids is 1. The van der Waals surface area contributed by atoms with Gasteiger partial charge in [0.1, 0.15) is 10.5 Å². The van der Waals surface area contributed by atoms with Crippen LogP contribution < -0.4 is 0 Å². The zero-order chi connectivity index (χ0) is 14.0. The van der Waals surface area contributed by atoms with Crippen LogP contribution in [0.25, 0.3) is 10.4 Å². The topological polar surface area (TPSA) is 26.3 Å². The molecular formula is C15H15IO2S. The van der Waals surface area contributed by atoms with Gasteiger partial charge in [0, 0.05) is 8.45 Å². The summed E-state index contributed by atoms with van der Waals surface area (Å²) in [6, 6.07) is 12.1. The minimum atomic E-state index is -0.461. The van der Waals surface area contributed by atoms with E-state index < -0.39 is 5.60 Å². The second-order valence-electron chi connectivity index (χ2n) is 5.16. The summed E-state index contributed by atoms with van der Waals surface area (Å²) in [5.41, 5.74) is 0.664. The van der Waals surface area contributed by atoms with Gasteiger partial charge in [0.25, 0.3) is 0 Å². The fourth-order valence-electron chi connectivity index (χ4n) is 1.58. The minimum absolute atomic E-state index is 0.246. The molecule has 1 aromatic carbocycles. The molecule has 0 radical (unpaired) electrons. The van der Waals surface area contributed by atoms with Gasteiger partial charge in [0.05, 0.1) is 0 Å². The quantitative estimate of drug-likeness (QED) is 0.538. The molecule has 0 saturated heterocycles. The standard InChI is InChI=1S/C15H15IO2S/c1-15(2,3)18-14(17)13-11(16)9-12(19-13)10-7-5-4-6-8-10/h4-9H,1-3H3. The summed E-state index contributed by atoms with van der Waals surface area (Å²) in [5.74, 6) is -0.246. The van der Waals surface area contributed by atoms with Crippen LogP contribution in [0.3, 0.4) is 0 Å². The van der Waals surface area contributed by atoms with Crippen molar-refractivity contribution in [3.63, 3.8) is 0 Å². The number of benzene rings is 1. The van der Waals surface area contributed by atoms with Gasteiger partial charge in [-0.3, -0.25) is 0 Å². The molecule has 2 rings (SSSR count). The van der Waals surface area contributed by atoms with Gasteiger partial charge in [-0.25, -0.2) is 4.79 Å². The summed E-state index contributed by atoms with van der Waals surface area (Å²) >= 11 is 3.66. The molecule has 1 heterocycles. The molecule has 4 heteroatoms. The van der Waals surface area contributed by atoms with Crippen LogP contribution >= 0.6 is 33.9 Å². The molecular weight excluding hydrogens is 371 g/mol. The van der Waals surface area contributed by atoms with Crippen molar-refractivity contribution >= 4 is 39.9 Å². The maximum absolute atomic E-state index is 12.1. The highest BCUT2D eigenvalue weighted by molar-refractivity contribution is 14.1. The normalized spacial score (nSPS) is 11.4. The van der Waals surface area contributed by atoms with Crippen LogP contribution in [0, 0.1) is 3.57 Å². The van der Waals surface area contributed by atoms with Gasteiger partial charge in [0.15, 0.2) is 0 Å². The third-order valence-electron chi connectivity index (χ3n) is 2.33. The molecule has 2 nitrogen and oxygen atoms in total. The Morgan fingerprint density at radius 1 is 1.21 bits per heavy atom. The highest BCUT2D eigenvalue weighted by Crippen LogP contribution is 2.33. The van der Waals surface area contributed by atoms with Crippen molar-refractivity contribution in [2.24, 2.45) is 0 Å². The molecule has 100 valence electrons. The van der Waals surface area contributed by atoms with E-state index in [-0.39, 0.29) is 5.97 Å². The third kappa shape index (κ3) is 3.79. The maximum Gasteiger partial charge on any atom is 0.349 e. The van der Waals surface area contributed by atoms with Crippen molar-refractivity contribution in [2.75, 3.05) is 0 Å². The molecule has 0 atom stereocenters. The molecule has 0 aliphatic rings. The zero-order valence-corrected chi connectivity index (χ0v) is 14.0. The predicted molar refractivity (Wildman–Crippen MR) is 87.6 cm³/mol. The molecule has 0 unspecified atom stereocenters. The van der Waals surface area contributed by atoms with Crippen LogP contribution in [-0.4, -0.2) is 11.6 Å². The summed E-state index contributed by atoms with van der Waals surface area (Å²) in [4.78, 5) is 13.9. The average Bonchev–Trinajstić information content (AvgIpc) is 2.70. The molecule has 1 aromatic heterocycles. The molecule has 0 N–H and O–H groups in total. The first kappa shape index (κ1) is 14.5. The van der Waals surface area contributed by atoms with Gasteiger partial charge in [-0.15, -0.1) is 11.3 Å². The lowest BCUT2D eigenvalue weighted by Gasteiger charge is -2.18. The van der Waals surface area contributed by atoms with Gasteiger partial charge in [-0.2, -0.15) is 0 Å². The average molecular weight is 386 g/mol. The van der Waals surface area contributed by atoms with Crippen molar-refractivity contribution < 1.29 is 9.53 Å². The Morgan fingerprint density at radius 2 is 1.84 bits per heavy atom. The van der Waals surface area contributed by atoms with E-state index in [9.17, 15) is 4.79 Å². The SMILES string of the molecule is CC(C)(C)OC(=O)c1sc(-c2ccccc2)cc1I. The van der Waals surface area contributed by atoms with Crippen molar-refractivity contribution in [3.05, 3.63) is 44.8 Å². The Kier molecular flexibility index (Phi) is 4.30. The first-order valence-electron chi connectivity index (χ1n) is 5.95. The number of carbonyl (C=O) groups is 1. The molecule has 2 aromatic rings. The van der Waals surface area contributed by atoms with Gasteiger partial charge < -0.3 is 4.74 Å². The lowest BCUT2D eigenvalue weighted by molar-refractivity contribution is 0.00741. The van der Waals surface area contributed by atoms with E-state index in [0.717, 1.165) is 14.0 Å². The number of hydrogen-bond donors (Lipinski definition) is 0. The third-order valence-corrected chi connectivity index (χ3v) is 4.71. The zero-order valence-electron chi connectivity index (χ0n) is 11.1. The van der Waals surface area contributed by atoms with Crippen LogP contribution in [0.4, 0.5) is 0 Å². The highest BCUT2D eigenvalue weighted by Gasteiger charge is 2.22. The second-order valence-corrected chi connectivity index (χ2v) is 7.37. The summed E-state index contributed by atoms with van der Waals surface area (Å²) < 4.78 is 6.36. The Labute approximate surface area is 130 Å². The Balaban J connectivity index is 2.30. The molecule has 0 amide bonds. The lowest BCUT2D eigenvalue weighted by Crippen LogP contribution is -2.23. The Bertz CT molecular complexity index is 582. The van der Waals surface area contributed by atoms with Crippen LogP contribution in [-0.2, 0) is 4.74 Å². The fraction of sp³-hybridized carbons (Fsp3) is 0.267. The first-order chi connectivity index (χ1) is 8.87. The number of ether oxygens (including phenoxy) is 1. The monoisotopic (exact) mass is 386 g/mol. The summed E-state index contributed by atoms with van der Waals surface area (Å²) in [7, 11) is 0. The van der Waals surface area contributed by atoms with Crippen LogP contribution in [0.15, 0.2) is 36.4 Å². The molecule has 0 fully saturated rings. The predicted octanol–water partition coefficient (Wildman–Crippen LogP) is 4.98. The number of thiophene rings is 1. The van der Waals surface area contributed by atoms with E-state index in [4.69, 9.17) is 4.74 Å². The fourth-order valence-corrected chi connectivity index (χ4v) is 3.58.